The molecule has 1 saturated carbocycles. The van der Waals surface area contributed by atoms with Crippen molar-refractivity contribution in [2.45, 2.75) is 51.5 Å². The Morgan fingerprint density at radius 1 is 1.44 bits per heavy atom. The van der Waals surface area contributed by atoms with E-state index in [2.05, 4.69) is 24.5 Å². The third kappa shape index (κ3) is 3.06. The van der Waals surface area contributed by atoms with Crippen LogP contribution in [0.25, 0.3) is 0 Å². The largest absolute Gasteiger partial charge is 0.271 e. The smallest absolute Gasteiger partial charge is 0.0553 e. The van der Waals surface area contributed by atoms with Crippen LogP contribution in [0.1, 0.15) is 54.3 Å². The first kappa shape index (κ1) is 12.1. The van der Waals surface area contributed by atoms with E-state index >= 15 is 0 Å². The summed E-state index contributed by atoms with van der Waals surface area (Å²) >= 11 is 1.86. The first-order valence-corrected chi connectivity index (χ1v) is 7.13. The molecule has 1 atom stereocenters. The van der Waals surface area contributed by atoms with Crippen molar-refractivity contribution in [3.63, 3.8) is 0 Å². The lowest BCUT2D eigenvalue weighted by Crippen LogP contribution is -2.27. The molecule has 3 heteroatoms. The van der Waals surface area contributed by atoms with Gasteiger partial charge in [0.15, 0.2) is 0 Å². The fourth-order valence-electron chi connectivity index (χ4n) is 2.65. The van der Waals surface area contributed by atoms with Crippen LogP contribution in [-0.4, -0.2) is 0 Å². The first-order valence-electron chi connectivity index (χ1n) is 6.32. The average Bonchev–Trinajstić information content (AvgIpc) is 2.91. The Bertz CT molecular complexity index is 315. The second kappa shape index (κ2) is 5.80. The molecule has 0 saturated heterocycles. The molecule has 0 spiro atoms. The number of thiophene rings is 1. The molecular weight excluding hydrogens is 216 g/mol. The molecule has 2 nitrogen and oxygen atoms in total. The van der Waals surface area contributed by atoms with E-state index in [1.807, 2.05) is 11.3 Å². The van der Waals surface area contributed by atoms with E-state index in [1.165, 1.54) is 48.3 Å². The number of nitrogens with two attached hydrogens (primary N) is 1. The van der Waals surface area contributed by atoms with Crippen molar-refractivity contribution in [3.8, 4) is 0 Å². The van der Waals surface area contributed by atoms with Gasteiger partial charge in [0.1, 0.15) is 0 Å². The first-order chi connectivity index (χ1) is 7.79. The zero-order valence-corrected chi connectivity index (χ0v) is 10.9. The predicted octanol–water partition coefficient (Wildman–Crippen LogP) is 3.53. The molecule has 1 aromatic heterocycles. The maximum Gasteiger partial charge on any atom is 0.0553 e. The lowest BCUT2D eigenvalue weighted by molar-refractivity contribution is 0.420. The monoisotopic (exact) mass is 238 g/mol. The molecule has 1 heterocycles. The summed E-state index contributed by atoms with van der Waals surface area (Å²) in [6.07, 6.45) is 8.24. The Labute approximate surface area is 102 Å². The van der Waals surface area contributed by atoms with E-state index in [-0.39, 0.29) is 0 Å². The summed E-state index contributed by atoms with van der Waals surface area (Å²) in [5, 5.41) is 0. The van der Waals surface area contributed by atoms with Crippen molar-refractivity contribution < 1.29 is 0 Å². The Hall–Kier alpha value is -0.380. The molecule has 0 bridgehead atoms. The predicted molar refractivity (Wildman–Crippen MR) is 70.3 cm³/mol. The summed E-state index contributed by atoms with van der Waals surface area (Å²) in [6.45, 7) is 2.15. The van der Waals surface area contributed by atoms with Crippen molar-refractivity contribution in [2.75, 3.05) is 0 Å². The van der Waals surface area contributed by atoms with E-state index in [4.69, 9.17) is 5.84 Å². The molecule has 0 aromatic carbocycles. The van der Waals surface area contributed by atoms with Crippen molar-refractivity contribution in [2.24, 2.45) is 11.8 Å². The summed E-state index contributed by atoms with van der Waals surface area (Å²) in [6, 6.07) is 4.75. The Balaban J connectivity index is 1.85. The number of aryl methyl sites for hydroxylation is 1. The summed E-state index contributed by atoms with van der Waals surface area (Å²) in [4.78, 5) is 2.76. The van der Waals surface area contributed by atoms with Crippen LogP contribution >= 0.6 is 11.3 Å². The number of hydrogen-bond acceptors (Lipinski definition) is 3. The quantitative estimate of drug-likeness (QED) is 0.608. The Morgan fingerprint density at radius 3 is 2.75 bits per heavy atom. The lowest BCUT2D eigenvalue weighted by atomic mass is 9.98. The summed E-state index contributed by atoms with van der Waals surface area (Å²) in [5.74, 6) is 6.61. The average molecular weight is 238 g/mol. The molecular formula is C13H22N2S. The van der Waals surface area contributed by atoms with E-state index in [0.29, 0.717) is 6.04 Å². The van der Waals surface area contributed by atoms with Crippen LogP contribution in [0.5, 0.6) is 0 Å². The van der Waals surface area contributed by atoms with Crippen molar-refractivity contribution in [1.29, 1.82) is 0 Å². The zero-order chi connectivity index (χ0) is 11.4. The summed E-state index contributed by atoms with van der Waals surface area (Å²) in [7, 11) is 0. The molecule has 1 aliphatic rings. The molecule has 0 aliphatic heterocycles. The van der Waals surface area contributed by atoms with Gasteiger partial charge in [-0.3, -0.25) is 11.3 Å². The van der Waals surface area contributed by atoms with Crippen LogP contribution in [0.2, 0.25) is 0 Å². The Kier molecular flexibility index (Phi) is 4.38. The van der Waals surface area contributed by atoms with E-state index in [0.717, 1.165) is 5.92 Å². The van der Waals surface area contributed by atoms with E-state index in [9.17, 15) is 0 Å². The van der Waals surface area contributed by atoms with Gasteiger partial charge in [0, 0.05) is 9.75 Å². The Morgan fingerprint density at radius 2 is 2.19 bits per heavy atom. The minimum absolute atomic E-state index is 0.360. The fourth-order valence-corrected chi connectivity index (χ4v) is 3.62. The van der Waals surface area contributed by atoms with Crippen LogP contribution in [0.15, 0.2) is 12.1 Å². The van der Waals surface area contributed by atoms with Gasteiger partial charge in [0.05, 0.1) is 6.04 Å². The third-order valence-electron chi connectivity index (χ3n) is 3.64. The maximum absolute atomic E-state index is 5.66. The van der Waals surface area contributed by atoms with Gasteiger partial charge in [-0.2, -0.15) is 0 Å². The van der Waals surface area contributed by atoms with Gasteiger partial charge in [-0.15, -0.1) is 11.3 Å². The third-order valence-corrected chi connectivity index (χ3v) is 4.76. The second-order valence-corrected chi connectivity index (χ2v) is 6.21. The molecule has 90 valence electrons. The minimum Gasteiger partial charge on any atom is -0.271 e. The molecule has 0 amide bonds. The lowest BCUT2D eigenvalue weighted by Gasteiger charge is -2.16. The number of hydrogen-bond donors (Lipinski definition) is 2. The van der Waals surface area contributed by atoms with Gasteiger partial charge in [-0.05, 0) is 37.8 Å². The van der Waals surface area contributed by atoms with Crippen LogP contribution in [0.4, 0.5) is 0 Å². The summed E-state index contributed by atoms with van der Waals surface area (Å²) in [5.41, 5.74) is 2.97. The van der Waals surface area contributed by atoms with Gasteiger partial charge in [0.2, 0.25) is 0 Å². The molecule has 1 unspecified atom stereocenters. The molecule has 0 radical (unpaired) electrons. The van der Waals surface area contributed by atoms with Gasteiger partial charge in [-0.25, -0.2) is 0 Å². The van der Waals surface area contributed by atoms with Crippen LogP contribution < -0.4 is 11.3 Å². The maximum atomic E-state index is 5.66. The van der Waals surface area contributed by atoms with Gasteiger partial charge < -0.3 is 0 Å². The normalized spacial score (nSPS) is 19.1. The highest BCUT2D eigenvalue weighted by Gasteiger charge is 2.18. The second-order valence-electron chi connectivity index (χ2n) is 4.90. The van der Waals surface area contributed by atoms with Crippen LogP contribution in [0, 0.1) is 12.8 Å². The SMILES string of the molecule is Cc1ccc(C(CCC2CCCC2)NN)s1. The van der Waals surface area contributed by atoms with Gasteiger partial charge in [-0.1, -0.05) is 25.7 Å². The highest BCUT2D eigenvalue weighted by atomic mass is 32.1. The van der Waals surface area contributed by atoms with Gasteiger partial charge in [0.25, 0.3) is 0 Å². The molecule has 1 aromatic rings. The highest BCUT2D eigenvalue weighted by Crippen LogP contribution is 2.32. The van der Waals surface area contributed by atoms with Crippen molar-refractivity contribution >= 4 is 11.3 Å². The molecule has 2 rings (SSSR count). The van der Waals surface area contributed by atoms with Gasteiger partial charge >= 0.3 is 0 Å². The molecule has 1 fully saturated rings. The summed E-state index contributed by atoms with van der Waals surface area (Å²) < 4.78 is 0. The fraction of sp³-hybridized carbons (Fsp3) is 0.692. The van der Waals surface area contributed by atoms with E-state index < -0.39 is 0 Å². The number of nitrogens with one attached hydrogen (secondary N) is 1. The number of rotatable bonds is 5. The molecule has 16 heavy (non-hydrogen) atoms. The molecule has 3 N–H and O–H groups in total. The highest BCUT2D eigenvalue weighted by molar-refractivity contribution is 7.12. The van der Waals surface area contributed by atoms with E-state index in [1.54, 1.807) is 0 Å². The topological polar surface area (TPSA) is 38.0 Å². The minimum atomic E-state index is 0.360. The van der Waals surface area contributed by atoms with Crippen LogP contribution in [0.3, 0.4) is 0 Å². The standard InChI is InChI=1S/C13H22N2S/c1-10-6-9-13(16-10)12(15-14)8-7-11-4-2-3-5-11/h6,9,11-12,15H,2-5,7-8,14H2,1H3. The van der Waals surface area contributed by atoms with Crippen LogP contribution in [-0.2, 0) is 0 Å². The molecule has 1 aliphatic carbocycles. The van der Waals surface area contributed by atoms with Crippen molar-refractivity contribution in [3.05, 3.63) is 21.9 Å². The van der Waals surface area contributed by atoms with Crippen molar-refractivity contribution in [1.82, 2.24) is 5.43 Å². The zero-order valence-electron chi connectivity index (χ0n) is 10.0. The number of hydrazine groups is 1.